The molecule has 2 aliphatic heterocycles. The molecule has 1 spiro atoms. The number of rotatable bonds is 1. The lowest BCUT2D eigenvalue weighted by atomic mass is 9.80. The number of hydrogen-bond donors (Lipinski definition) is 0. The fourth-order valence-electron chi connectivity index (χ4n) is 2.81. The smallest absolute Gasteiger partial charge is 0.381 e. The van der Waals surface area contributed by atoms with E-state index in [1.807, 2.05) is 4.90 Å². The molecule has 8 heteroatoms. The number of halogens is 3. The van der Waals surface area contributed by atoms with Crippen LogP contribution in [0, 0.1) is 5.41 Å². The normalized spacial score (nSPS) is 23.3. The van der Waals surface area contributed by atoms with E-state index in [0.717, 1.165) is 19.0 Å². The van der Waals surface area contributed by atoms with Crippen LogP contribution in [0.2, 0.25) is 0 Å². The quantitative estimate of drug-likeness (QED) is 0.796. The summed E-state index contributed by atoms with van der Waals surface area (Å²) in [6, 6.07) is 0. The van der Waals surface area contributed by atoms with Crippen LogP contribution in [0.3, 0.4) is 0 Å². The van der Waals surface area contributed by atoms with Gasteiger partial charge in [0.05, 0.1) is 19.4 Å². The van der Waals surface area contributed by atoms with E-state index >= 15 is 0 Å². The first-order chi connectivity index (χ1) is 9.99. The minimum atomic E-state index is -4.32. The van der Waals surface area contributed by atoms with Crippen LogP contribution in [-0.4, -0.2) is 44.5 Å². The molecule has 0 saturated carbocycles. The second kappa shape index (κ2) is 5.73. The van der Waals surface area contributed by atoms with Gasteiger partial charge >= 0.3 is 6.18 Å². The first-order valence-corrected chi connectivity index (χ1v) is 7.74. The van der Waals surface area contributed by atoms with Gasteiger partial charge in [-0.2, -0.15) is 13.2 Å². The average Bonchev–Trinajstić information content (AvgIpc) is 2.86. The van der Waals surface area contributed by atoms with Crippen LogP contribution in [0.25, 0.3) is 0 Å². The lowest BCUT2D eigenvalue weighted by molar-refractivity contribution is -0.134. The zero-order valence-corrected chi connectivity index (χ0v) is 12.3. The van der Waals surface area contributed by atoms with Gasteiger partial charge in [-0.15, -0.1) is 0 Å². The Kier molecular flexibility index (Phi) is 4.11. The van der Waals surface area contributed by atoms with Gasteiger partial charge < -0.3 is 14.4 Å². The van der Waals surface area contributed by atoms with Crippen molar-refractivity contribution < 1.29 is 22.6 Å². The van der Waals surface area contributed by atoms with Gasteiger partial charge in [0.15, 0.2) is 5.13 Å². The first kappa shape index (κ1) is 15.1. The van der Waals surface area contributed by atoms with Crippen molar-refractivity contribution in [1.82, 2.24) is 4.98 Å². The van der Waals surface area contributed by atoms with Gasteiger partial charge in [-0.05, 0) is 12.8 Å². The molecule has 1 aromatic heterocycles. The van der Waals surface area contributed by atoms with E-state index in [0.29, 0.717) is 56.0 Å². The van der Waals surface area contributed by atoms with Gasteiger partial charge in [-0.3, -0.25) is 0 Å². The van der Waals surface area contributed by atoms with Gasteiger partial charge in [0.1, 0.15) is 4.88 Å². The molecule has 1 aromatic rings. The third-order valence-electron chi connectivity index (χ3n) is 4.04. The highest BCUT2D eigenvalue weighted by Crippen LogP contribution is 2.39. The zero-order valence-electron chi connectivity index (χ0n) is 11.5. The van der Waals surface area contributed by atoms with Crippen LogP contribution in [0.5, 0.6) is 0 Å². The maximum absolute atomic E-state index is 12.7. The molecule has 2 saturated heterocycles. The lowest BCUT2D eigenvalue weighted by Crippen LogP contribution is -2.42. The third kappa shape index (κ3) is 3.32. The van der Waals surface area contributed by atoms with Crippen LogP contribution in [0.4, 0.5) is 18.3 Å². The van der Waals surface area contributed by atoms with Crippen molar-refractivity contribution in [3.8, 4) is 0 Å². The molecular weight excluding hydrogens is 305 g/mol. The molecule has 0 bridgehead atoms. The molecule has 0 amide bonds. The van der Waals surface area contributed by atoms with E-state index in [2.05, 4.69) is 4.98 Å². The van der Waals surface area contributed by atoms with Gasteiger partial charge in [0.2, 0.25) is 0 Å². The van der Waals surface area contributed by atoms with Crippen LogP contribution in [0.15, 0.2) is 6.20 Å². The highest BCUT2D eigenvalue weighted by Gasteiger charge is 2.38. The summed E-state index contributed by atoms with van der Waals surface area (Å²) in [4.78, 5) is 5.24. The molecular formula is C13H17F3N2O2S. The Hall–Kier alpha value is -0.860. The van der Waals surface area contributed by atoms with Crippen LogP contribution >= 0.6 is 11.3 Å². The number of thiazole rings is 1. The molecule has 0 atom stereocenters. The SMILES string of the molecule is FC(F)(F)c1cnc(N2CCOCC3(CCOCC3)C2)s1. The Labute approximate surface area is 124 Å². The zero-order chi connectivity index (χ0) is 14.9. The summed E-state index contributed by atoms with van der Waals surface area (Å²) < 4.78 is 49.2. The second-order valence-electron chi connectivity index (χ2n) is 5.59. The van der Waals surface area contributed by atoms with Gasteiger partial charge in [-0.25, -0.2) is 4.98 Å². The van der Waals surface area contributed by atoms with Gasteiger partial charge in [0.25, 0.3) is 0 Å². The summed E-state index contributed by atoms with van der Waals surface area (Å²) in [6.45, 7) is 3.79. The predicted molar refractivity (Wildman–Crippen MR) is 72.6 cm³/mol. The molecule has 3 heterocycles. The maximum Gasteiger partial charge on any atom is 0.427 e. The molecule has 0 unspecified atom stereocenters. The van der Waals surface area contributed by atoms with Crippen molar-refractivity contribution in [3.63, 3.8) is 0 Å². The largest absolute Gasteiger partial charge is 0.427 e. The topological polar surface area (TPSA) is 34.6 Å². The number of aromatic nitrogens is 1. The molecule has 4 nitrogen and oxygen atoms in total. The Morgan fingerprint density at radius 1 is 1.19 bits per heavy atom. The number of anilines is 1. The number of nitrogens with zero attached hydrogens (tertiary/aromatic N) is 2. The summed E-state index contributed by atoms with van der Waals surface area (Å²) >= 11 is 0.706. The summed E-state index contributed by atoms with van der Waals surface area (Å²) in [5.74, 6) is 0. The molecule has 0 aromatic carbocycles. The second-order valence-corrected chi connectivity index (χ2v) is 6.60. The van der Waals surface area contributed by atoms with Crippen molar-refractivity contribution in [1.29, 1.82) is 0 Å². The van der Waals surface area contributed by atoms with Crippen molar-refractivity contribution in [2.24, 2.45) is 5.41 Å². The maximum atomic E-state index is 12.7. The van der Waals surface area contributed by atoms with E-state index in [1.54, 1.807) is 0 Å². The average molecular weight is 322 g/mol. The van der Waals surface area contributed by atoms with E-state index in [4.69, 9.17) is 9.47 Å². The summed E-state index contributed by atoms with van der Waals surface area (Å²) in [5.41, 5.74) is -0.0290. The molecule has 21 heavy (non-hydrogen) atoms. The summed E-state index contributed by atoms with van der Waals surface area (Å²) in [7, 11) is 0. The fraction of sp³-hybridized carbons (Fsp3) is 0.769. The predicted octanol–water partition coefficient (Wildman–Crippen LogP) is 2.80. The highest BCUT2D eigenvalue weighted by atomic mass is 32.1. The van der Waals surface area contributed by atoms with Crippen LogP contribution in [-0.2, 0) is 15.7 Å². The minimum absolute atomic E-state index is 0.0290. The standard InChI is InChI=1S/C13H17F3N2O2S/c14-13(15,16)10-7-17-11(21-10)18-3-6-20-9-12(8-18)1-4-19-5-2-12/h7H,1-6,8-9H2. The van der Waals surface area contributed by atoms with Crippen LogP contribution < -0.4 is 4.90 Å². The van der Waals surface area contributed by atoms with Gasteiger partial charge in [0, 0.05) is 31.7 Å². The Bertz CT molecular complexity index is 486. The number of hydrogen-bond acceptors (Lipinski definition) is 5. The van der Waals surface area contributed by atoms with E-state index in [1.165, 1.54) is 0 Å². The van der Waals surface area contributed by atoms with Crippen molar-refractivity contribution in [3.05, 3.63) is 11.1 Å². The van der Waals surface area contributed by atoms with Crippen LogP contribution in [0.1, 0.15) is 17.7 Å². The first-order valence-electron chi connectivity index (χ1n) is 6.92. The van der Waals surface area contributed by atoms with Crippen molar-refractivity contribution in [2.45, 2.75) is 19.0 Å². The molecule has 0 N–H and O–H groups in total. The van der Waals surface area contributed by atoms with Gasteiger partial charge in [-0.1, -0.05) is 11.3 Å². The molecule has 118 valence electrons. The van der Waals surface area contributed by atoms with Crippen molar-refractivity contribution in [2.75, 3.05) is 44.4 Å². The lowest BCUT2D eigenvalue weighted by Gasteiger charge is -2.38. The third-order valence-corrected chi connectivity index (χ3v) is 5.14. The minimum Gasteiger partial charge on any atom is -0.381 e. The number of ether oxygens (including phenoxy) is 2. The fourth-order valence-corrected chi connectivity index (χ4v) is 3.61. The summed E-state index contributed by atoms with van der Waals surface area (Å²) in [6.07, 6.45) is -1.65. The monoisotopic (exact) mass is 322 g/mol. The van der Waals surface area contributed by atoms with E-state index in [-0.39, 0.29) is 5.41 Å². The molecule has 2 fully saturated rings. The Morgan fingerprint density at radius 2 is 1.95 bits per heavy atom. The van der Waals surface area contributed by atoms with E-state index in [9.17, 15) is 13.2 Å². The molecule has 3 rings (SSSR count). The Morgan fingerprint density at radius 3 is 2.62 bits per heavy atom. The van der Waals surface area contributed by atoms with E-state index < -0.39 is 11.1 Å². The number of alkyl halides is 3. The summed E-state index contributed by atoms with van der Waals surface area (Å²) in [5, 5.41) is 0.429. The highest BCUT2D eigenvalue weighted by molar-refractivity contribution is 7.15. The van der Waals surface area contributed by atoms with Crippen molar-refractivity contribution >= 4 is 16.5 Å². The molecule has 0 aliphatic carbocycles. The molecule has 2 aliphatic rings. The molecule has 0 radical (unpaired) electrons. The Balaban J connectivity index is 1.78.